The number of nitriles is 1. The van der Waals surface area contributed by atoms with Gasteiger partial charge in [-0.3, -0.25) is 9.59 Å². The number of benzene rings is 2. The number of amides is 2. The van der Waals surface area contributed by atoms with Crippen molar-refractivity contribution in [2.75, 3.05) is 0 Å². The molecule has 2 amide bonds. The van der Waals surface area contributed by atoms with Crippen molar-refractivity contribution in [3.05, 3.63) is 93.8 Å². The summed E-state index contributed by atoms with van der Waals surface area (Å²) in [5.41, 5.74) is 4.04. The summed E-state index contributed by atoms with van der Waals surface area (Å²) in [5.74, 6) is -1.20. The first-order chi connectivity index (χ1) is 16.3. The van der Waals surface area contributed by atoms with E-state index in [9.17, 15) is 19.2 Å². The predicted molar refractivity (Wildman–Crippen MR) is 123 cm³/mol. The Morgan fingerprint density at radius 3 is 2.32 bits per heavy atom. The minimum atomic E-state index is -0.463. The van der Waals surface area contributed by atoms with Crippen molar-refractivity contribution in [1.82, 2.24) is 20.6 Å². The van der Waals surface area contributed by atoms with Gasteiger partial charge in [-0.15, -0.1) is 0 Å². The van der Waals surface area contributed by atoms with Crippen LogP contribution in [-0.2, 0) is 18.5 Å². The summed E-state index contributed by atoms with van der Waals surface area (Å²) < 4.78 is 13.4. The molecule has 2 N–H and O–H groups in total. The Balaban J connectivity index is 1.41. The molecule has 0 saturated heterocycles. The van der Waals surface area contributed by atoms with Gasteiger partial charge in [-0.2, -0.15) is 5.26 Å². The van der Waals surface area contributed by atoms with Crippen molar-refractivity contribution < 1.29 is 14.0 Å². The zero-order chi connectivity index (χ0) is 24.3. The van der Waals surface area contributed by atoms with Gasteiger partial charge in [0.2, 0.25) is 0 Å². The number of aromatic nitrogens is 2. The molecule has 4 rings (SSSR count). The maximum Gasteiger partial charge on any atom is 0.270 e. The molecule has 0 unspecified atom stereocenters. The summed E-state index contributed by atoms with van der Waals surface area (Å²) >= 11 is 0. The van der Waals surface area contributed by atoms with E-state index in [1.165, 1.54) is 18.5 Å². The van der Waals surface area contributed by atoms with Crippen LogP contribution in [0.15, 0.2) is 48.8 Å². The van der Waals surface area contributed by atoms with E-state index in [0.29, 0.717) is 11.1 Å². The lowest BCUT2D eigenvalue weighted by Crippen LogP contribution is -2.27. The van der Waals surface area contributed by atoms with E-state index in [0.717, 1.165) is 29.5 Å². The molecule has 0 atom stereocenters. The van der Waals surface area contributed by atoms with Gasteiger partial charge < -0.3 is 10.6 Å². The molecule has 1 heterocycles. The molecule has 2 aromatic carbocycles. The maximum atomic E-state index is 13.4. The van der Waals surface area contributed by atoms with Gasteiger partial charge >= 0.3 is 0 Å². The van der Waals surface area contributed by atoms with Crippen molar-refractivity contribution in [3.63, 3.8) is 0 Å². The van der Waals surface area contributed by atoms with E-state index in [-0.39, 0.29) is 35.7 Å². The monoisotopic (exact) mass is 457 g/mol. The molecule has 8 heteroatoms. The van der Waals surface area contributed by atoms with E-state index in [1.807, 2.05) is 12.1 Å². The van der Waals surface area contributed by atoms with Crippen LogP contribution in [0.5, 0.6) is 0 Å². The Labute approximate surface area is 197 Å². The standard InChI is InChI=1S/C26H24FN5O2/c1-16-9-18(4-6-21(16)27)13-29-24(33)22-11-23(32-15-31-22)25(34)30-14-19-5-3-17(12-28)10-20(19)26(2)7-8-26/h3-6,9-11,15H,7-8,13-14H2,1-2H3,(H,29,33)(H,30,34). The van der Waals surface area contributed by atoms with Crippen LogP contribution in [0.3, 0.4) is 0 Å². The molecule has 1 aliphatic rings. The third-order valence-electron chi connectivity index (χ3n) is 6.14. The second kappa shape index (κ2) is 9.40. The molecule has 1 aliphatic carbocycles. The van der Waals surface area contributed by atoms with Crippen molar-refractivity contribution in [2.45, 2.75) is 45.2 Å². The van der Waals surface area contributed by atoms with E-state index in [1.54, 1.807) is 25.1 Å². The molecule has 1 aromatic heterocycles. The average molecular weight is 458 g/mol. The first-order valence-electron chi connectivity index (χ1n) is 11.0. The number of hydrogen-bond donors (Lipinski definition) is 2. The molecule has 172 valence electrons. The number of rotatable bonds is 7. The number of nitrogens with one attached hydrogen (secondary N) is 2. The SMILES string of the molecule is Cc1cc(CNC(=O)c2cc(C(=O)NCc3ccc(C#N)cc3C3(C)CC3)ncn2)ccc1F. The Hall–Kier alpha value is -4.12. The van der Waals surface area contributed by atoms with Crippen LogP contribution in [0.2, 0.25) is 0 Å². The quantitative estimate of drug-likeness (QED) is 0.562. The highest BCUT2D eigenvalue weighted by molar-refractivity contribution is 5.97. The Bertz CT molecular complexity index is 1310. The van der Waals surface area contributed by atoms with Gasteiger partial charge in [-0.25, -0.2) is 14.4 Å². The van der Waals surface area contributed by atoms with E-state index in [4.69, 9.17) is 0 Å². The average Bonchev–Trinajstić information content (AvgIpc) is 3.61. The van der Waals surface area contributed by atoms with Gasteiger partial charge in [0.05, 0.1) is 11.6 Å². The molecular formula is C26H24FN5O2. The van der Waals surface area contributed by atoms with Gasteiger partial charge in [0.25, 0.3) is 11.8 Å². The van der Waals surface area contributed by atoms with Crippen molar-refractivity contribution >= 4 is 11.8 Å². The third kappa shape index (κ3) is 5.09. The molecule has 1 saturated carbocycles. The van der Waals surface area contributed by atoms with E-state index < -0.39 is 11.8 Å². The molecule has 34 heavy (non-hydrogen) atoms. The molecule has 0 aliphatic heterocycles. The summed E-state index contributed by atoms with van der Waals surface area (Å²) in [6.45, 7) is 4.29. The summed E-state index contributed by atoms with van der Waals surface area (Å²) in [5, 5.41) is 14.8. The summed E-state index contributed by atoms with van der Waals surface area (Å²) in [7, 11) is 0. The predicted octanol–water partition coefficient (Wildman–Crippen LogP) is 3.71. The van der Waals surface area contributed by atoms with Crippen molar-refractivity contribution in [1.29, 1.82) is 5.26 Å². The summed E-state index contributed by atoms with van der Waals surface area (Å²) in [4.78, 5) is 33.2. The zero-order valence-corrected chi connectivity index (χ0v) is 19.0. The molecular weight excluding hydrogens is 433 g/mol. The van der Waals surface area contributed by atoms with Gasteiger partial charge in [-0.05, 0) is 65.6 Å². The van der Waals surface area contributed by atoms with Gasteiger partial charge in [-0.1, -0.05) is 25.1 Å². The van der Waals surface area contributed by atoms with Crippen LogP contribution in [0.1, 0.15) is 68.6 Å². The fraction of sp³-hybridized carbons (Fsp3) is 0.269. The zero-order valence-electron chi connectivity index (χ0n) is 19.0. The van der Waals surface area contributed by atoms with Gasteiger partial charge in [0.1, 0.15) is 23.5 Å². The summed E-state index contributed by atoms with van der Waals surface area (Å²) in [6.07, 6.45) is 3.26. The number of aryl methyl sites for hydroxylation is 1. The molecule has 7 nitrogen and oxygen atoms in total. The summed E-state index contributed by atoms with van der Waals surface area (Å²) in [6, 6.07) is 13.6. The third-order valence-corrected chi connectivity index (χ3v) is 6.14. The molecule has 0 spiro atoms. The second-order valence-corrected chi connectivity index (χ2v) is 8.78. The van der Waals surface area contributed by atoms with Crippen LogP contribution in [-0.4, -0.2) is 21.8 Å². The highest BCUT2D eigenvalue weighted by Gasteiger charge is 2.40. The molecule has 0 bridgehead atoms. The highest BCUT2D eigenvalue weighted by Crippen LogP contribution is 2.49. The first kappa shape index (κ1) is 23.1. The van der Waals surface area contributed by atoms with E-state index in [2.05, 4.69) is 33.6 Å². The van der Waals surface area contributed by atoms with Crippen LogP contribution < -0.4 is 10.6 Å². The number of nitrogens with zero attached hydrogens (tertiary/aromatic N) is 3. The second-order valence-electron chi connectivity index (χ2n) is 8.78. The van der Waals surface area contributed by atoms with Crippen LogP contribution >= 0.6 is 0 Å². The minimum absolute atomic E-state index is 0.0379. The molecule has 3 aromatic rings. The number of hydrogen-bond acceptors (Lipinski definition) is 5. The number of carbonyl (C=O) groups excluding carboxylic acids is 2. The Morgan fingerprint density at radius 1 is 1.03 bits per heavy atom. The Kier molecular flexibility index (Phi) is 6.37. The highest BCUT2D eigenvalue weighted by atomic mass is 19.1. The molecule has 1 fully saturated rings. The number of halogens is 1. The van der Waals surface area contributed by atoms with Gasteiger partial charge in [0.15, 0.2) is 0 Å². The fourth-order valence-corrected chi connectivity index (χ4v) is 3.78. The lowest BCUT2D eigenvalue weighted by atomic mass is 9.91. The van der Waals surface area contributed by atoms with Gasteiger partial charge in [0, 0.05) is 19.2 Å². The topological polar surface area (TPSA) is 108 Å². The fourth-order valence-electron chi connectivity index (χ4n) is 3.78. The lowest BCUT2D eigenvalue weighted by Gasteiger charge is -2.16. The normalized spacial score (nSPS) is 13.6. The van der Waals surface area contributed by atoms with Crippen LogP contribution in [0.25, 0.3) is 0 Å². The Morgan fingerprint density at radius 2 is 1.71 bits per heavy atom. The van der Waals surface area contributed by atoms with E-state index >= 15 is 0 Å². The van der Waals surface area contributed by atoms with Crippen LogP contribution in [0, 0.1) is 24.1 Å². The largest absolute Gasteiger partial charge is 0.347 e. The smallest absolute Gasteiger partial charge is 0.270 e. The van der Waals surface area contributed by atoms with Crippen molar-refractivity contribution in [3.8, 4) is 6.07 Å². The lowest BCUT2D eigenvalue weighted by molar-refractivity contribution is 0.0944. The maximum absolute atomic E-state index is 13.4. The molecule has 0 radical (unpaired) electrons. The first-order valence-corrected chi connectivity index (χ1v) is 11.0. The number of carbonyl (C=O) groups is 2. The van der Waals surface area contributed by atoms with Crippen LogP contribution in [0.4, 0.5) is 4.39 Å². The minimum Gasteiger partial charge on any atom is -0.347 e. The van der Waals surface area contributed by atoms with Crippen molar-refractivity contribution in [2.24, 2.45) is 0 Å².